The number of carbonyl (C=O) groups excluding carboxylic acids is 1. The Morgan fingerprint density at radius 3 is 1.81 bits per heavy atom. The third-order valence-corrected chi connectivity index (χ3v) is 27.1. The highest BCUT2D eigenvalue weighted by atomic mass is 28.4. The van der Waals surface area contributed by atoms with Crippen molar-refractivity contribution in [1.29, 1.82) is 0 Å². The number of epoxide rings is 1. The van der Waals surface area contributed by atoms with Gasteiger partial charge >= 0.3 is 0 Å². The van der Waals surface area contributed by atoms with Crippen LogP contribution in [-0.4, -0.2) is 117 Å². The average molecular weight is 858 g/mol. The van der Waals surface area contributed by atoms with E-state index in [2.05, 4.69) is 115 Å². The average Bonchev–Trinajstić information content (AvgIpc) is 3.78. The number of aliphatic hydroxyl groups is 2. The molecule has 0 radical (unpaired) electrons. The minimum Gasteiger partial charge on any atom is -0.497 e. The van der Waals surface area contributed by atoms with Gasteiger partial charge in [-0.2, -0.15) is 0 Å². The van der Waals surface area contributed by atoms with Crippen molar-refractivity contribution in [2.75, 3.05) is 41.1 Å². The second-order valence-electron chi connectivity index (χ2n) is 21.1. The number of rotatable bonds is 22. The summed E-state index contributed by atoms with van der Waals surface area (Å²) in [7, 11) is -2.75. The van der Waals surface area contributed by atoms with Crippen LogP contribution in [0.5, 0.6) is 5.75 Å². The van der Waals surface area contributed by atoms with E-state index in [1.807, 2.05) is 24.3 Å². The fourth-order valence-electron chi connectivity index (χ4n) is 6.33. The summed E-state index contributed by atoms with van der Waals surface area (Å²) in [6.45, 7) is 37.6. The van der Waals surface area contributed by atoms with Crippen LogP contribution in [0.4, 0.5) is 0 Å². The molecule has 2 N–H and O–H groups in total. The Bertz CT molecular complexity index is 1410. The summed E-state index contributed by atoms with van der Waals surface area (Å²) in [4.78, 5) is 18.8. The second-order valence-corrected chi connectivity index (χ2v) is 35.5. The zero-order valence-electron chi connectivity index (χ0n) is 39.5. The van der Waals surface area contributed by atoms with Crippen molar-refractivity contribution >= 4 is 30.9 Å². The number of hydrogen-bond acceptors (Lipinski definition) is 10. The predicted molar refractivity (Wildman–Crippen MR) is 237 cm³/mol. The maximum Gasteiger partial charge on any atom is 0.248 e. The van der Waals surface area contributed by atoms with Crippen molar-refractivity contribution in [3.05, 3.63) is 29.8 Å². The third-order valence-electron chi connectivity index (χ3n) is 13.7. The minimum absolute atomic E-state index is 0.00312. The van der Waals surface area contributed by atoms with Gasteiger partial charge in [0.2, 0.25) is 5.91 Å². The van der Waals surface area contributed by atoms with Crippen LogP contribution in [0.25, 0.3) is 0 Å². The monoisotopic (exact) mass is 858 g/mol. The summed E-state index contributed by atoms with van der Waals surface area (Å²) in [5.74, 6) is -1.00. The van der Waals surface area contributed by atoms with Crippen LogP contribution in [0.3, 0.4) is 0 Å². The first-order valence-corrected chi connectivity index (χ1v) is 29.5. The van der Waals surface area contributed by atoms with Crippen LogP contribution < -0.4 is 4.74 Å². The van der Waals surface area contributed by atoms with Gasteiger partial charge in [0.25, 0.3) is 0 Å². The molecular formula is C43H83NO10Si3. The van der Waals surface area contributed by atoms with Gasteiger partial charge in [0.05, 0.1) is 64.9 Å². The molecular weight excluding hydrogens is 775 g/mol. The van der Waals surface area contributed by atoms with E-state index in [0.29, 0.717) is 13.2 Å². The van der Waals surface area contributed by atoms with E-state index in [1.54, 1.807) is 14.2 Å². The molecule has 11 nitrogen and oxygen atoms in total. The molecule has 14 heteroatoms. The molecule has 1 aliphatic rings. The van der Waals surface area contributed by atoms with Crippen molar-refractivity contribution < 1.29 is 47.3 Å². The quantitative estimate of drug-likeness (QED) is 0.0664. The molecule has 57 heavy (non-hydrogen) atoms. The Balaban J connectivity index is 2.70. The lowest BCUT2D eigenvalue weighted by molar-refractivity contribution is -0.172. The van der Waals surface area contributed by atoms with Crippen molar-refractivity contribution in [1.82, 2.24) is 5.06 Å². The van der Waals surface area contributed by atoms with Crippen LogP contribution in [-0.2, 0) is 39.0 Å². The van der Waals surface area contributed by atoms with Gasteiger partial charge < -0.3 is 37.7 Å². The first-order chi connectivity index (χ1) is 25.8. The van der Waals surface area contributed by atoms with E-state index >= 15 is 0 Å². The van der Waals surface area contributed by atoms with Gasteiger partial charge in [0, 0.05) is 31.4 Å². The highest BCUT2D eigenvalue weighted by Crippen LogP contribution is 2.52. The van der Waals surface area contributed by atoms with Gasteiger partial charge in [0.1, 0.15) is 11.4 Å². The van der Waals surface area contributed by atoms with Gasteiger partial charge in [-0.3, -0.25) is 9.63 Å². The number of aliphatic hydroxyl groups excluding tert-OH is 2. The van der Waals surface area contributed by atoms with Gasteiger partial charge in [-0.15, -0.1) is 0 Å². The molecule has 2 rings (SSSR count). The molecule has 1 unspecified atom stereocenters. The van der Waals surface area contributed by atoms with Gasteiger partial charge in [-0.25, -0.2) is 5.06 Å². The van der Waals surface area contributed by atoms with E-state index < -0.39 is 67.3 Å². The van der Waals surface area contributed by atoms with Crippen LogP contribution >= 0.6 is 0 Å². The fraction of sp³-hybridized carbons (Fsp3) is 0.837. The number of nitrogens with zero attached hydrogens (tertiary/aromatic N) is 1. The van der Waals surface area contributed by atoms with Gasteiger partial charge in [-0.05, 0) is 79.0 Å². The molecule has 1 saturated heterocycles. The molecule has 1 amide bonds. The van der Waals surface area contributed by atoms with Crippen LogP contribution in [0, 0.1) is 17.8 Å². The number of carbonyl (C=O) groups is 1. The van der Waals surface area contributed by atoms with E-state index in [-0.39, 0.29) is 46.1 Å². The van der Waals surface area contributed by atoms with Gasteiger partial charge in [-0.1, -0.05) is 81.4 Å². The van der Waals surface area contributed by atoms with E-state index in [1.165, 1.54) is 12.2 Å². The lowest BCUT2D eigenvalue weighted by atomic mass is 9.78. The summed E-state index contributed by atoms with van der Waals surface area (Å²) >= 11 is 0. The molecule has 0 bridgehead atoms. The van der Waals surface area contributed by atoms with Crippen molar-refractivity contribution in [2.45, 2.75) is 174 Å². The molecule has 1 heterocycles. The lowest BCUT2D eigenvalue weighted by Gasteiger charge is -2.47. The molecule has 332 valence electrons. The Labute approximate surface area is 350 Å². The summed E-state index contributed by atoms with van der Waals surface area (Å²) in [6, 6.07) is 7.85. The molecule has 1 fully saturated rings. The Morgan fingerprint density at radius 2 is 1.35 bits per heavy atom. The normalized spacial score (nSPS) is 21.7. The maximum atomic E-state index is 13.5. The highest BCUT2D eigenvalue weighted by molar-refractivity contribution is 6.75. The number of hydroxylamine groups is 2. The third kappa shape index (κ3) is 13.4. The van der Waals surface area contributed by atoms with Gasteiger partial charge in [0.15, 0.2) is 25.0 Å². The highest BCUT2D eigenvalue weighted by Gasteiger charge is 2.65. The molecule has 1 aromatic carbocycles. The molecule has 1 aromatic rings. The molecule has 1 aliphatic heterocycles. The number of ether oxygens (including phenoxy) is 3. The summed E-state index contributed by atoms with van der Waals surface area (Å²) in [6.07, 6.45) is -2.93. The summed E-state index contributed by atoms with van der Waals surface area (Å²) in [5, 5.41) is 25.0. The number of hydrogen-bond donors (Lipinski definition) is 2. The topological polar surface area (TPSA) is 129 Å². The second kappa shape index (κ2) is 19.7. The predicted octanol–water partition coefficient (Wildman–Crippen LogP) is 8.80. The van der Waals surface area contributed by atoms with Crippen molar-refractivity contribution in [2.24, 2.45) is 17.8 Å². The molecule has 0 aromatic heterocycles. The Morgan fingerprint density at radius 1 is 0.842 bits per heavy atom. The Kier molecular flexibility index (Phi) is 17.9. The van der Waals surface area contributed by atoms with Crippen molar-refractivity contribution in [3.8, 4) is 5.75 Å². The van der Waals surface area contributed by atoms with Crippen LogP contribution in [0.1, 0.15) is 88.1 Å². The van der Waals surface area contributed by atoms with E-state index in [0.717, 1.165) is 11.3 Å². The number of benzene rings is 1. The fourth-order valence-corrected chi connectivity index (χ4v) is 10.1. The SMILES string of the molecule is COc1ccc(COC[C@H](C)[C@H]2OC2(C)[C@@H](O[Si](C)(C)C(C)(C)C)[C@@H](CO[Si](C)(C)C(C)(C)C)[C@H](O)[C@@H](CO)[C@@H](CC(=O)N(C)OC)O[Si](C)(C)C(C)(C)C)cc1. The molecule has 0 aliphatic carbocycles. The molecule has 0 saturated carbocycles. The first kappa shape index (κ1) is 52.0. The molecule has 8 atom stereocenters. The largest absolute Gasteiger partial charge is 0.497 e. The zero-order valence-corrected chi connectivity index (χ0v) is 42.5. The molecule has 0 spiro atoms. The number of methoxy groups -OCH3 is 1. The zero-order chi connectivity index (χ0) is 44.2. The smallest absolute Gasteiger partial charge is 0.248 e. The minimum atomic E-state index is -2.52. The standard InChI is InChI=1S/C43H83NO10Si3/c1-30(27-50-28-31-21-23-32(48-13)24-22-31)38-43(11,52-38)39(54-57(19,20)42(8,9)10)34(29-51-55(15,16)40(2,3)4)37(47)33(26-45)35(25-36(46)44(12)49-14)53-56(17,18)41(5,6)7/h21-24,30,33-35,37-39,45,47H,25-29H2,1-20H3/t30-,33-,34-,35+,37+,38+,39-,43?/m0/s1. The Hall–Kier alpha value is -1.18. The first-order valence-electron chi connectivity index (χ1n) is 20.8. The number of amides is 1. The van der Waals surface area contributed by atoms with E-state index in [4.69, 9.17) is 32.3 Å². The summed E-state index contributed by atoms with van der Waals surface area (Å²) < 4.78 is 39.7. The van der Waals surface area contributed by atoms with Crippen molar-refractivity contribution in [3.63, 3.8) is 0 Å². The van der Waals surface area contributed by atoms with Crippen LogP contribution in [0.15, 0.2) is 24.3 Å². The lowest BCUT2D eigenvalue weighted by Crippen LogP contribution is -2.58. The van der Waals surface area contributed by atoms with Crippen LogP contribution in [0.2, 0.25) is 54.4 Å². The summed E-state index contributed by atoms with van der Waals surface area (Å²) in [5.41, 5.74) is 0.246. The van der Waals surface area contributed by atoms with E-state index in [9.17, 15) is 15.0 Å². The maximum absolute atomic E-state index is 13.5.